The largest absolute Gasteiger partial charge is 0.447 e. The third-order valence-corrected chi connectivity index (χ3v) is 3.24. The molecule has 0 bridgehead atoms. The van der Waals surface area contributed by atoms with Crippen molar-refractivity contribution >= 4 is 17.9 Å². The standard InChI is InChI=1S/C9H17NO2S/c1-7(2)12-9(11)10-6-8-4-3-5-13-8/h7-8H,3-6H2,1-2H3,(H,10,11). The summed E-state index contributed by atoms with van der Waals surface area (Å²) in [6.45, 7) is 4.45. The van der Waals surface area contributed by atoms with E-state index in [9.17, 15) is 4.79 Å². The number of nitrogens with one attached hydrogen (secondary N) is 1. The third-order valence-electron chi connectivity index (χ3n) is 1.84. The highest BCUT2D eigenvalue weighted by molar-refractivity contribution is 8.00. The Morgan fingerprint density at radius 2 is 2.46 bits per heavy atom. The van der Waals surface area contributed by atoms with Crippen LogP contribution in [0.1, 0.15) is 26.7 Å². The highest BCUT2D eigenvalue weighted by atomic mass is 32.2. The van der Waals surface area contributed by atoms with Crippen molar-refractivity contribution < 1.29 is 9.53 Å². The molecule has 4 heteroatoms. The van der Waals surface area contributed by atoms with Crippen LogP contribution in [-0.4, -0.2) is 29.7 Å². The van der Waals surface area contributed by atoms with Gasteiger partial charge in [-0.25, -0.2) is 4.79 Å². The number of rotatable bonds is 3. The minimum Gasteiger partial charge on any atom is -0.447 e. The average Bonchev–Trinajstić information content (AvgIpc) is 2.51. The van der Waals surface area contributed by atoms with Crippen LogP contribution < -0.4 is 5.32 Å². The van der Waals surface area contributed by atoms with Crippen molar-refractivity contribution in [3.63, 3.8) is 0 Å². The maximum absolute atomic E-state index is 11.1. The van der Waals surface area contributed by atoms with E-state index in [1.807, 2.05) is 25.6 Å². The fraction of sp³-hybridized carbons (Fsp3) is 0.889. The molecular formula is C9H17NO2S. The summed E-state index contributed by atoms with van der Waals surface area (Å²) in [5, 5.41) is 3.37. The van der Waals surface area contributed by atoms with Crippen LogP contribution in [0.25, 0.3) is 0 Å². The summed E-state index contributed by atoms with van der Waals surface area (Å²) in [4.78, 5) is 11.1. The number of amides is 1. The molecule has 76 valence electrons. The highest BCUT2D eigenvalue weighted by Gasteiger charge is 2.16. The van der Waals surface area contributed by atoms with E-state index in [0.717, 1.165) is 6.54 Å². The van der Waals surface area contributed by atoms with Gasteiger partial charge < -0.3 is 10.1 Å². The van der Waals surface area contributed by atoms with Gasteiger partial charge in [-0.3, -0.25) is 0 Å². The predicted molar refractivity (Wildman–Crippen MR) is 55.1 cm³/mol. The number of hydrogen-bond acceptors (Lipinski definition) is 3. The fourth-order valence-corrected chi connectivity index (χ4v) is 2.46. The first kappa shape index (κ1) is 10.7. The average molecular weight is 203 g/mol. The molecule has 3 nitrogen and oxygen atoms in total. The molecule has 0 radical (unpaired) electrons. The second-order valence-electron chi connectivity index (χ2n) is 3.47. The third kappa shape index (κ3) is 4.41. The lowest BCUT2D eigenvalue weighted by atomic mass is 10.2. The normalized spacial score (nSPS) is 21.9. The minimum absolute atomic E-state index is 0.0313. The number of carbonyl (C=O) groups is 1. The van der Waals surface area contributed by atoms with Gasteiger partial charge in [0.05, 0.1) is 6.10 Å². The van der Waals surface area contributed by atoms with Gasteiger partial charge in [-0.05, 0) is 32.4 Å². The van der Waals surface area contributed by atoms with Gasteiger partial charge in [-0.15, -0.1) is 0 Å². The summed E-state index contributed by atoms with van der Waals surface area (Å²) in [7, 11) is 0. The van der Waals surface area contributed by atoms with E-state index in [1.54, 1.807) is 0 Å². The Morgan fingerprint density at radius 3 is 3.00 bits per heavy atom. The molecule has 1 aliphatic rings. The van der Waals surface area contributed by atoms with Gasteiger partial charge in [0, 0.05) is 11.8 Å². The van der Waals surface area contributed by atoms with Crippen molar-refractivity contribution in [1.82, 2.24) is 5.32 Å². The van der Waals surface area contributed by atoms with Crippen molar-refractivity contribution in [3.05, 3.63) is 0 Å². The molecule has 0 aromatic rings. The summed E-state index contributed by atoms with van der Waals surface area (Å²) in [5.74, 6) is 1.23. The van der Waals surface area contributed by atoms with E-state index in [2.05, 4.69) is 5.32 Å². The Morgan fingerprint density at radius 1 is 1.69 bits per heavy atom. The van der Waals surface area contributed by atoms with Gasteiger partial charge in [0.2, 0.25) is 0 Å². The van der Waals surface area contributed by atoms with Crippen LogP contribution >= 0.6 is 11.8 Å². The van der Waals surface area contributed by atoms with E-state index in [0.29, 0.717) is 5.25 Å². The van der Waals surface area contributed by atoms with Crippen molar-refractivity contribution in [3.8, 4) is 0 Å². The topological polar surface area (TPSA) is 38.3 Å². The molecule has 1 aliphatic heterocycles. The first-order chi connectivity index (χ1) is 6.18. The predicted octanol–water partition coefficient (Wildman–Crippen LogP) is 2.02. The van der Waals surface area contributed by atoms with Crippen LogP contribution in [0.3, 0.4) is 0 Å². The van der Waals surface area contributed by atoms with Crippen LogP contribution in [0.4, 0.5) is 4.79 Å². The summed E-state index contributed by atoms with van der Waals surface area (Å²) in [6, 6.07) is 0. The molecule has 0 saturated carbocycles. The lowest BCUT2D eigenvalue weighted by Gasteiger charge is -2.12. The molecule has 1 saturated heterocycles. The van der Waals surface area contributed by atoms with E-state index in [1.165, 1.54) is 18.6 Å². The zero-order valence-electron chi connectivity index (χ0n) is 8.21. The van der Waals surface area contributed by atoms with E-state index < -0.39 is 0 Å². The maximum Gasteiger partial charge on any atom is 0.407 e. The maximum atomic E-state index is 11.1. The fourth-order valence-electron chi connectivity index (χ4n) is 1.26. The Hall–Kier alpha value is -0.380. The van der Waals surface area contributed by atoms with Crippen molar-refractivity contribution in [2.45, 2.75) is 38.0 Å². The smallest absolute Gasteiger partial charge is 0.407 e. The Labute approximate surface area is 83.6 Å². The Bertz CT molecular complexity index is 167. The lowest BCUT2D eigenvalue weighted by Crippen LogP contribution is -2.31. The molecule has 1 heterocycles. The van der Waals surface area contributed by atoms with E-state index >= 15 is 0 Å². The molecule has 1 atom stereocenters. The van der Waals surface area contributed by atoms with Crippen molar-refractivity contribution in [2.75, 3.05) is 12.3 Å². The van der Waals surface area contributed by atoms with Crippen molar-refractivity contribution in [2.24, 2.45) is 0 Å². The van der Waals surface area contributed by atoms with Crippen LogP contribution in [-0.2, 0) is 4.74 Å². The van der Waals surface area contributed by atoms with Crippen molar-refractivity contribution in [1.29, 1.82) is 0 Å². The summed E-state index contributed by atoms with van der Waals surface area (Å²) in [5.41, 5.74) is 0. The molecule has 1 N–H and O–H groups in total. The zero-order valence-corrected chi connectivity index (χ0v) is 9.02. The van der Waals surface area contributed by atoms with Gasteiger partial charge in [-0.1, -0.05) is 0 Å². The van der Waals surface area contributed by atoms with Crippen LogP contribution in [0.5, 0.6) is 0 Å². The zero-order chi connectivity index (χ0) is 9.68. The van der Waals surface area contributed by atoms with Gasteiger partial charge in [0.1, 0.15) is 0 Å². The highest BCUT2D eigenvalue weighted by Crippen LogP contribution is 2.25. The number of carbonyl (C=O) groups excluding carboxylic acids is 1. The second-order valence-corrected chi connectivity index (χ2v) is 4.88. The number of hydrogen-bond donors (Lipinski definition) is 1. The molecular weight excluding hydrogens is 186 g/mol. The van der Waals surface area contributed by atoms with Gasteiger partial charge in [0.25, 0.3) is 0 Å². The van der Waals surface area contributed by atoms with Gasteiger partial charge >= 0.3 is 6.09 Å². The molecule has 1 rings (SSSR count). The lowest BCUT2D eigenvalue weighted by molar-refractivity contribution is 0.115. The first-order valence-electron chi connectivity index (χ1n) is 4.74. The van der Waals surface area contributed by atoms with Crippen LogP contribution in [0.15, 0.2) is 0 Å². The number of alkyl carbamates (subject to hydrolysis) is 1. The summed E-state index contributed by atoms with van der Waals surface area (Å²) in [6.07, 6.45) is 2.17. The molecule has 1 amide bonds. The molecule has 0 aromatic heterocycles. The molecule has 1 fully saturated rings. The first-order valence-corrected chi connectivity index (χ1v) is 5.79. The molecule has 13 heavy (non-hydrogen) atoms. The summed E-state index contributed by atoms with van der Waals surface area (Å²) >= 11 is 1.93. The number of ether oxygens (including phenoxy) is 1. The Kier molecular flexibility index (Phi) is 4.42. The number of thioether (sulfide) groups is 1. The molecule has 0 aromatic carbocycles. The second kappa shape index (κ2) is 5.37. The molecule has 0 aliphatic carbocycles. The quantitative estimate of drug-likeness (QED) is 0.762. The Balaban J connectivity index is 2.07. The molecule has 0 spiro atoms. The van der Waals surface area contributed by atoms with E-state index in [4.69, 9.17) is 4.74 Å². The monoisotopic (exact) mass is 203 g/mol. The van der Waals surface area contributed by atoms with Gasteiger partial charge in [-0.2, -0.15) is 11.8 Å². The van der Waals surface area contributed by atoms with E-state index in [-0.39, 0.29) is 12.2 Å². The van der Waals surface area contributed by atoms with Gasteiger partial charge in [0.15, 0.2) is 0 Å². The van der Waals surface area contributed by atoms with Crippen LogP contribution in [0, 0.1) is 0 Å². The SMILES string of the molecule is CC(C)OC(=O)NCC1CCCS1. The van der Waals surface area contributed by atoms with Crippen LogP contribution in [0.2, 0.25) is 0 Å². The summed E-state index contributed by atoms with van der Waals surface area (Å²) < 4.78 is 4.95. The molecule has 1 unspecified atom stereocenters. The minimum atomic E-state index is -0.289.